The van der Waals surface area contributed by atoms with Crippen LogP contribution in [0.1, 0.15) is 84.5 Å². The predicted octanol–water partition coefficient (Wildman–Crippen LogP) is 1.03. The van der Waals surface area contributed by atoms with Gasteiger partial charge >= 0.3 is 0 Å². The lowest BCUT2D eigenvalue weighted by Crippen LogP contribution is -2.55. The highest BCUT2D eigenvalue weighted by Crippen LogP contribution is 2.15. The monoisotopic (exact) mass is 406 g/mol. The first-order valence-corrected chi connectivity index (χ1v) is 11.0. The average Bonchev–Trinajstić information content (AvgIpc) is 2.62. The lowest BCUT2D eigenvalue weighted by Gasteiger charge is -2.39. The molecule has 0 amide bonds. The molecule has 170 valence electrons. The van der Waals surface area contributed by atoms with Gasteiger partial charge in [0.25, 0.3) is 0 Å². The third kappa shape index (κ3) is 19.9. The maximum Gasteiger partial charge on any atom is 0.105 e. The second kappa shape index (κ2) is 20.8. The Morgan fingerprint density at radius 2 is 1.21 bits per heavy atom. The van der Waals surface area contributed by atoms with Gasteiger partial charge in [-0.15, -0.1) is 0 Å². The van der Waals surface area contributed by atoms with Crippen molar-refractivity contribution in [3.05, 3.63) is 0 Å². The SMILES string of the molecule is CCCCCCCCCCC(O)C[N+](CCO)(CCO)CCCC.O=C([O-])[O-]. The standard InChI is InChI=1S/C20H44NO3.CH2O3/c1-3-5-7-8-9-10-11-12-13-20(24)19-21(15-17-22,16-18-23)14-6-4-2;2-1(3)4/h20,22-24H,3-19H2,1-2H3;(H2,2,3,4)/q+1;/p-2. The fourth-order valence-corrected chi connectivity index (χ4v) is 3.58. The van der Waals surface area contributed by atoms with E-state index in [1.807, 2.05) is 0 Å². The number of nitrogens with zero attached hydrogens (tertiary/aromatic N) is 1. The molecule has 1 atom stereocenters. The van der Waals surface area contributed by atoms with Gasteiger partial charge in [-0.2, -0.15) is 0 Å². The Hall–Kier alpha value is -0.890. The Labute approximate surface area is 171 Å². The molecule has 0 aliphatic carbocycles. The van der Waals surface area contributed by atoms with E-state index in [1.165, 1.54) is 44.9 Å². The van der Waals surface area contributed by atoms with Crippen molar-refractivity contribution in [3.8, 4) is 0 Å². The van der Waals surface area contributed by atoms with E-state index in [2.05, 4.69) is 13.8 Å². The topological polar surface area (TPSA) is 124 Å². The van der Waals surface area contributed by atoms with E-state index in [0.29, 0.717) is 24.1 Å². The predicted molar refractivity (Wildman–Crippen MR) is 107 cm³/mol. The Balaban J connectivity index is 0. The Kier molecular flexibility index (Phi) is 21.8. The van der Waals surface area contributed by atoms with Gasteiger partial charge in [0.2, 0.25) is 0 Å². The molecule has 0 fully saturated rings. The third-order valence-electron chi connectivity index (χ3n) is 5.12. The van der Waals surface area contributed by atoms with Crippen molar-refractivity contribution >= 4 is 6.16 Å². The molecule has 0 aliphatic rings. The zero-order chi connectivity index (χ0) is 21.7. The molecule has 28 heavy (non-hydrogen) atoms. The van der Waals surface area contributed by atoms with Crippen LogP contribution in [0, 0.1) is 0 Å². The van der Waals surface area contributed by atoms with Crippen molar-refractivity contribution in [3.63, 3.8) is 0 Å². The van der Waals surface area contributed by atoms with E-state index in [0.717, 1.165) is 32.2 Å². The van der Waals surface area contributed by atoms with Crippen LogP contribution < -0.4 is 10.2 Å². The van der Waals surface area contributed by atoms with Gasteiger partial charge in [-0.1, -0.05) is 71.6 Å². The van der Waals surface area contributed by atoms with Crippen LogP contribution in [0.4, 0.5) is 4.79 Å². The summed E-state index contributed by atoms with van der Waals surface area (Å²) in [4.78, 5) is 8.33. The number of aliphatic hydroxyl groups is 3. The van der Waals surface area contributed by atoms with Gasteiger partial charge in [0, 0.05) is 0 Å². The number of rotatable bonds is 18. The smallest absolute Gasteiger partial charge is 0.105 e. The first-order valence-electron chi connectivity index (χ1n) is 11.0. The van der Waals surface area contributed by atoms with E-state index >= 15 is 0 Å². The zero-order valence-electron chi connectivity index (χ0n) is 18.1. The lowest BCUT2D eigenvalue weighted by molar-refractivity contribution is -0.931. The normalized spacial score (nSPS) is 12.3. The maximum atomic E-state index is 10.4. The minimum atomic E-state index is -2.33. The molecule has 0 aromatic heterocycles. The summed E-state index contributed by atoms with van der Waals surface area (Å²) in [6.07, 6.45) is 10.6. The van der Waals surface area contributed by atoms with Crippen molar-refractivity contribution in [1.82, 2.24) is 0 Å². The second-order valence-corrected chi connectivity index (χ2v) is 7.66. The fraction of sp³-hybridized carbons (Fsp3) is 0.952. The minimum absolute atomic E-state index is 0.119. The second-order valence-electron chi connectivity index (χ2n) is 7.66. The minimum Gasteiger partial charge on any atom is -0.652 e. The molecule has 0 heterocycles. The fourth-order valence-electron chi connectivity index (χ4n) is 3.58. The molecule has 0 aromatic carbocycles. The number of unbranched alkanes of at least 4 members (excludes halogenated alkanes) is 8. The molecule has 1 unspecified atom stereocenters. The molecule has 0 saturated heterocycles. The van der Waals surface area contributed by atoms with Gasteiger partial charge in [-0.05, 0) is 19.0 Å². The number of quaternary nitrogens is 1. The van der Waals surface area contributed by atoms with Gasteiger partial charge in [0.1, 0.15) is 25.7 Å². The summed E-state index contributed by atoms with van der Waals surface area (Å²) in [6.45, 7) is 7.51. The summed E-state index contributed by atoms with van der Waals surface area (Å²) in [5.74, 6) is 0. The average molecular weight is 407 g/mol. The number of carbonyl (C=O) groups is 1. The zero-order valence-corrected chi connectivity index (χ0v) is 18.1. The Bertz CT molecular complexity index is 331. The highest BCUT2D eigenvalue weighted by Gasteiger charge is 2.28. The van der Waals surface area contributed by atoms with Crippen molar-refractivity contribution in [2.75, 3.05) is 39.4 Å². The van der Waals surface area contributed by atoms with Gasteiger partial charge in [-0.3, -0.25) is 0 Å². The first-order chi connectivity index (χ1) is 13.4. The number of hydrogen-bond acceptors (Lipinski definition) is 6. The van der Waals surface area contributed by atoms with Crippen LogP contribution in [0.25, 0.3) is 0 Å². The van der Waals surface area contributed by atoms with Crippen LogP contribution in [-0.2, 0) is 0 Å². The quantitative estimate of drug-likeness (QED) is 0.231. The molecule has 7 nitrogen and oxygen atoms in total. The van der Waals surface area contributed by atoms with Crippen molar-refractivity contribution < 1.29 is 34.8 Å². The van der Waals surface area contributed by atoms with Crippen molar-refractivity contribution in [2.24, 2.45) is 0 Å². The highest BCUT2D eigenvalue weighted by molar-refractivity contribution is 5.47. The lowest BCUT2D eigenvalue weighted by atomic mass is 10.0. The molecule has 0 aliphatic heterocycles. The maximum absolute atomic E-state index is 10.4. The largest absolute Gasteiger partial charge is 0.652 e. The van der Waals surface area contributed by atoms with Gasteiger partial charge in [0.05, 0.1) is 19.8 Å². The van der Waals surface area contributed by atoms with Crippen LogP contribution in [0.5, 0.6) is 0 Å². The highest BCUT2D eigenvalue weighted by atomic mass is 16.6. The Morgan fingerprint density at radius 1 is 0.786 bits per heavy atom. The summed E-state index contributed by atoms with van der Waals surface area (Å²) in [7, 11) is 0. The van der Waals surface area contributed by atoms with Crippen LogP contribution in [0.15, 0.2) is 0 Å². The van der Waals surface area contributed by atoms with Gasteiger partial charge in [0.15, 0.2) is 0 Å². The van der Waals surface area contributed by atoms with Gasteiger partial charge < -0.3 is 34.8 Å². The summed E-state index contributed by atoms with van der Waals surface area (Å²) in [5.41, 5.74) is 0. The Morgan fingerprint density at radius 3 is 1.64 bits per heavy atom. The van der Waals surface area contributed by atoms with E-state index in [4.69, 9.17) is 15.0 Å². The molecule has 0 saturated carbocycles. The van der Waals surface area contributed by atoms with E-state index in [9.17, 15) is 15.3 Å². The molecule has 0 spiro atoms. The van der Waals surface area contributed by atoms with Crippen LogP contribution >= 0.6 is 0 Å². The molecule has 7 heteroatoms. The number of carbonyl (C=O) groups excluding carboxylic acids is 1. The first kappa shape index (κ1) is 29.3. The summed E-state index contributed by atoms with van der Waals surface area (Å²) >= 11 is 0. The summed E-state index contributed by atoms with van der Waals surface area (Å²) < 4.78 is 0.652. The van der Waals surface area contributed by atoms with Gasteiger partial charge in [-0.25, -0.2) is 0 Å². The molecule has 0 rings (SSSR count). The molecule has 0 aromatic rings. The molecular formula is C21H44NO6-. The molecule has 3 N–H and O–H groups in total. The van der Waals surface area contributed by atoms with E-state index in [-0.39, 0.29) is 19.3 Å². The molecule has 0 radical (unpaired) electrons. The molecule has 0 bridgehead atoms. The van der Waals surface area contributed by atoms with E-state index < -0.39 is 6.16 Å². The number of aliphatic hydroxyl groups excluding tert-OH is 3. The van der Waals surface area contributed by atoms with Crippen molar-refractivity contribution in [2.45, 2.75) is 90.6 Å². The summed E-state index contributed by atoms with van der Waals surface area (Å²) in [6, 6.07) is 0. The van der Waals surface area contributed by atoms with Crippen LogP contribution in [0.2, 0.25) is 0 Å². The van der Waals surface area contributed by atoms with Crippen LogP contribution in [-0.4, -0.2) is 71.5 Å². The number of carboxylic acid groups (broad SMARTS) is 2. The van der Waals surface area contributed by atoms with Crippen LogP contribution in [0.3, 0.4) is 0 Å². The van der Waals surface area contributed by atoms with E-state index in [1.54, 1.807) is 0 Å². The third-order valence-corrected chi connectivity index (χ3v) is 5.12. The number of hydrogen-bond donors (Lipinski definition) is 3. The molecular weight excluding hydrogens is 362 g/mol. The summed E-state index contributed by atoms with van der Waals surface area (Å²) in [5, 5.41) is 45.9. The van der Waals surface area contributed by atoms with Crippen molar-refractivity contribution in [1.29, 1.82) is 0 Å².